The number of fused-ring (bicyclic) bond motifs is 1. The summed E-state index contributed by atoms with van der Waals surface area (Å²) >= 11 is 0. The highest BCUT2D eigenvalue weighted by atomic mass is 32.2. The number of carbonyl (C=O) groups is 1. The van der Waals surface area contributed by atoms with E-state index in [-0.39, 0.29) is 19.1 Å². The SMILES string of the molecule is CS(=O)(=O)OCCN1Cc2ccccc2C1=O. The molecular formula is C11H13NO4S. The second kappa shape index (κ2) is 4.46. The van der Waals surface area contributed by atoms with Gasteiger partial charge in [0, 0.05) is 18.7 Å². The number of hydrogen-bond donors (Lipinski definition) is 0. The maximum Gasteiger partial charge on any atom is 0.264 e. The first-order valence-electron chi connectivity index (χ1n) is 5.19. The van der Waals surface area contributed by atoms with Crippen LogP contribution in [0, 0.1) is 0 Å². The number of nitrogens with zero attached hydrogens (tertiary/aromatic N) is 1. The van der Waals surface area contributed by atoms with Crippen molar-refractivity contribution in [2.24, 2.45) is 0 Å². The van der Waals surface area contributed by atoms with E-state index in [4.69, 9.17) is 0 Å². The maximum absolute atomic E-state index is 11.9. The van der Waals surface area contributed by atoms with Gasteiger partial charge in [-0.05, 0) is 11.6 Å². The van der Waals surface area contributed by atoms with Crippen LogP contribution >= 0.6 is 0 Å². The van der Waals surface area contributed by atoms with Crippen LogP contribution in [0.5, 0.6) is 0 Å². The molecule has 1 aliphatic heterocycles. The zero-order valence-electron chi connectivity index (χ0n) is 9.42. The fourth-order valence-corrected chi connectivity index (χ4v) is 2.17. The Morgan fingerprint density at radius 1 is 1.35 bits per heavy atom. The van der Waals surface area contributed by atoms with Gasteiger partial charge in [-0.3, -0.25) is 8.98 Å². The van der Waals surface area contributed by atoms with Crippen LogP contribution in [-0.4, -0.2) is 38.6 Å². The first-order valence-corrected chi connectivity index (χ1v) is 7.00. The highest BCUT2D eigenvalue weighted by Crippen LogP contribution is 2.21. The van der Waals surface area contributed by atoms with E-state index in [1.165, 1.54) is 0 Å². The topological polar surface area (TPSA) is 63.7 Å². The molecule has 5 nitrogen and oxygen atoms in total. The van der Waals surface area contributed by atoms with Gasteiger partial charge in [0.05, 0.1) is 12.9 Å². The van der Waals surface area contributed by atoms with Gasteiger partial charge in [0.25, 0.3) is 16.0 Å². The van der Waals surface area contributed by atoms with Crippen molar-refractivity contribution >= 4 is 16.0 Å². The van der Waals surface area contributed by atoms with Gasteiger partial charge in [-0.1, -0.05) is 18.2 Å². The summed E-state index contributed by atoms with van der Waals surface area (Å²) in [6.07, 6.45) is 0.994. The number of rotatable bonds is 4. The minimum Gasteiger partial charge on any atom is -0.332 e. The van der Waals surface area contributed by atoms with Gasteiger partial charge in [-0.15, -0.1) is 0 Å². The molecule has 1 aliphatic rings. The molecule has 0 unspecified atom stereocenters. The average molecular weight is 255 g/mol. The summed E-state index contributed by atoms with van der Waals surface area (Å²) in [5.74, 6) is -0.0716. The lowest BCUT2D eigenvalue weighted by Gasteiger charge is -2.14. The summed E-state index contributed by atoms with van der Waals surface area (Å²) in [6, 6.07) is 7.36. The molecule has 6 heteroatoms. The predicted octanol–water partition coefficient (Wildman–Crippen LogP) is 0.619. The Labute approximate surface area is 100 Å². The Hall–Kier alpha value is -1.40. The van der Waals surface area contributed by atoms with Crippen LogP contribution in [0.3, 0.4) is 0 Å². The van der Waals surface area contributed by atoms with Gasteiger partial charge in [0.15, 0.2) is 0 Å². The fourth-order valence-electron chi connectivity index (χ4n) is 1.79. The molecule has 1 aromatic rings. The Balaban J connectivity index is 1.97. The van der Waals surface area contributed by atoms with Crippen molar-refractivity contribution in [3.63, 3.8) is 0 Å². The van der Waals surface area contributed by atoms with E-state index in [0.717, 1.165) is 11.8 Å². The van der Waals surface area contributed by atoms with E-state index in [0.29, 0.717) is 12.1 Å². The molecule has 17 heavy (non-hydrogen) atoms. The highest BCUT2D eigenvalue weighted by molar-refractivity contribution is 7.85. The third-order valence-corrected chi connectivity index (χ3v) is 3.15. The van der Waals surface area contributed by atoms with Gasteiger partial charge in [-0.25, -0.2) is 0 Å². The lowest BCUT2D eigenvalue weighted by atomic mass is 10.1. The van der Waals surface area contributed by atoms with Crippen LogP contribution in [0.25, 0.3) is 0 Å². The summed E-state index contributed by atoms with van der Waals surface area (Å²) < 4.78 is 26.2. The summed E-state index contributed by atoms with van der Waals surface area (Å²) in [6.45, 7) is 0.793. The predicted molar refractivity (Wildman–Crippen MR) is 62.0 cm³/mol. The summed E-state index contributed by atoms with van der Waals surface area (Å²) in [5, 5.41) is 0. The maximum atomic E-state index is 11.9. The molecule has 0 aromatic heterocycles. The van der Waals surface area contributed by atoms with Crippen LogP contribution < -0.4 is 0 Å². The van der Waals surface area contributed by atoms with Crippen LogP contribution in [0.15, 0.2) is 24.3 Å². The number of carbonyl (C=O) groups excluding carboxylic acids is 1. The summed E-state index contributed by atoms with van der Waals surface area (Å²) in [4.78, 5) is 13.5. The standard InChI is InChI=1S/C11H13NO4S/c1-17(14,15)16-7-6-12-8-9-4-2-3-5-10(9)11(12)13/h2-5H,6-8H2,1H3. The third kappa shape index (κ3) is 2.83. The second-order valence-electron chi connectivity index (χ2n) is 3.91. The monoisotopic (exact) mass is 255 g/mol. The number of hydrogen-bond acceptors (Lipinski definition) is 4. The molecule has 0 saturated carbocycles. The number of amides is 1. The van der Waals surface area contributed by atoms with Crippen molar-refractivity contribution in [2.75, 3.05) is 19.4 Å². The third-order valence-electron chi connectivity index (χ3n) is 2.55. The largest absolute Gasteiger partial charge is 0.332 e. The van der Waals surface area contributed by atoms with Gasteiger partial charge in [0.1, 0.15) is 0 Å². The lowest BCUT2D eigenvalue weighted by molar-refractivity contribution is 0.0755. The Morgan fingerprint density at radius 3 is 2.71 bits per heavy atom. The molecule has 0 N–H and O–H groups in total. The van der Waals surface area contributed by atoms with Gasteiger partial charge < -0.3 is 4.90 Å². The molecule has 0 saturated heterocycles. The molecule has 92 valence electrons. The molecule has 1 amide bonds. The van der Waals surface area contributed by atoms with Gasteiger partial charge >= 0.3 is 0 Å². The minimum absolute atomic E-state index is 0.00143. The molecule has 0 spiro atoms. The molecule has 1 heterocycles. The Bertz CT molecular complexity index is 538. The molecule has 0 aliphatic carbocycles. The van der Waals surface area contributed by atoms with E-state index in [9.17, 15) is 13.2 Å². The van der Waals surface area contributed by atoms with Crippen molar-refractivity contribution in [2.45, 2.75) is 6.54 Å². The Kier molecular flexibility index (Phi) is 3.17. The first kappa shape index (κ1) is 12.1. The van der Waals surface area contributed by atoms with Crippen molar-refractivity contribution in [3.05, 3.63) is 35.4 Å². The minimum atomic E-state index is -3.44. The molecule has 2 rings (SSSR count). The van der Waals surface area contributed by atoms with Gasteiger partial charge in [0.2, 0.25) is 0 Å². The number of benzene rings is 1. The molecule has 0 bridgehead atoms. The molecule has 0 fully saturated rings. The van der Waals surface area contributed by atoms with Crippen LogP contribution in [0.2, 0.25) is 0 Å². The normalized spacial score (nSPS) is 15.1. The Morgan fingerprint density at radius 2 is 2.06 bits per heavy atom. The lowest BCUT2D eigenvalue weighted by Crippen LogP contribution is -2.28. The summed E-state index contributed by atoms with van der Waals surface area (Å²) in [7, 11) is -3.44. The van der Waals surface area contributed by atoms with Crippen molar-refractivity contribution in [1.82, 2.24) is 4.90 Å². The van der Waals surface area contributed by atoms with E-state index < -0.39 is 10.1 Å². The highest BCUT2D eigenvalue weighted by Gasteiger charge is 2.26. The molecule has 1 aromatic carbocycles. The zero-order valence-corrected chi connectivity index (χ0v) is 10.2. The van der Waals surface area contributed by atoms with E-state index in [1.54, 1.807) is 11.0 Å². The quantitative estimate of drug-likeness (QED) is 0.740. The first-order chi connectivity index (χ1) is 7.97. The van der Waals surface area contributed by atoms with Crippen molar-refractivity contribution in [1.29, 1.82) is 0 Å². The summed E-state index contributed by atoms with van der Waals surface area (Å²) in [5.41, 5.74) is 1.66. The van der Waals surface area contributed by atoms with Crippen LogP contribution in [0.1, 0.15) is 15.9 Å². The molecular weight excluding hydrogens is 242 g/mol. The van der Waals surface area contributed by atoms with E-state index >= 15 is 0 Å². The van der Waals surface area contributed by atoms with Crippen LogP contribution in [0.4, 0.5) is 0 Å². The van der Waals surface area contributed by atoms with E-state index in [1.807, 2.05) is 18.2 Å². The van der Waals surface area contributed by atoms with Crippen molar-refractivity contribution in [3.8, 4) is 0 Å². The van der Waals surface area contributed by atoms with Crippen LogP contribution in [-0.2, 0) is 20.8 Å². The molecule has 0 radical (unpaired) electrons. The fraction of sp³-hybridized carbons (Fsp3) is 0.364. The van der Waals surface area contributed by atoms with E-state index in [2.05, 4.69) is 4.18 Å². The smallest absolute Gasteiger partial charge is 0.264 e. The second-order valence-corrected chi connectivity index (χ2v) is 5.55. The average Bonchev–Trinajstić information content (AvgIpc) is 2.55. The van der Waals surface area contributed by atoms with Crippen molar-refractivity contribution < 1.29 is 17.4 Å². The van der Waals surface area contributed by atoms with Gasteiger partial charge in [-0.2, -0.15) is 8.42 Å². The molecule has 0 atom stereocenters. The zero-order chi connectivity index (χ0) is 12.5.